The van der Waals surface area contributed by atoms with Gasteiger partial charge in [0.05, 0.1) is 6.04 Å². The van der Waals surface area contributed by atoms with Crippen molar-refractivity contribution in [1.29, 1.82) is 0 Å². The van der Waals surface area contributed by atoms with Gasteiger partial charge in [-0.3, -0.25) is 4.79 Å². The van der Waals surface area contributed by atoms with Crippen LogP contribution >= 0.6 is 22.6 Å². The summed E-state index contributed by atoms with van der Waals surface area (Å²) in [4.78, 5) is 11.2. The largest absolute Gasteiger partial charge is 0.368 e. The second-order valence-electron chi connectivity index (χ2n) is 4.13. The average molecular weight is 332 g/mol. The molecule has 0 saturated heterocycles. The van der Waals surface area contributed by atoms with Gasteiger partial charge in [-0.25, -0.2) is 0 Å². The van der Waals surface area contributed by atoms with Gasteiger partial charge in [0.25, 0.3) is 0 Å². The topological polar surface area (TPSA) is 55.1 Å². The molecule has 0 aromatic heterocycles. The van der Waals surface area contributed by atoms with Crippen LogP contribution in [0.25, 0.3) is 0 Å². The van der Waals surface area contributed by atoms with E-state index in [1.807, 2.05) is 38.1 Å². The molecule has 0 aliphatic heterocycles. The molecule has 0 saturated carbocycles. The first kappa shape index (κ1) is 13.4. The fourth-order valence-corrected chi connectivity index (χ4v) is 1.85. The minimum atomic E-state index is -0.291. The molecule has 1 aromatic carbocycles. The zero-order chi connectivity index (χ0) is 12.1. The number of benzene rings is 1. The van der Waals surface area contributed by atoms with Crippen molar-refractivity contribution in [2.75, 3.05) is 0 Å². The summed E-state index contributed by atoms with van der Waals surface area (Å²) in [5, 5.41) is 3.18. The van der Waals surface area contributed by atoms with Crippen molar-refractivity contribution in [2.24, 2.45) is 11.7 Å². The number of nitrogens with two attached hydrogens (primary N) is 1. The zero-order valence-corrected chi connectivity index (χ0v) is 11.7. The van der Waals surface area contributed by atoms with E-state index in [9.17, 15) is 4.79 Å². The Kier molecular flexibility index (Phi) is 5.21. The minimum absolute atomic E-state index is 0.210. The number of hydrogen-bond acceptors (Lipinski definition) is 2. The molecular weight excluding hydrogens is 315 g/mol. The second-order valence-corrected chi connectivity index (χ2v) is 5.38. The summed E-state index contributed by atoms with van der Waals surface area (Å²) in [5.41, 5.74) is 6.48. The molecule has 0 aliphatic rings. The Labute approximate surface area is 110 Å². The van der Waals surface area contributed by atoms with E-state index >= 15 is 0 Å². The monoisotopic (exact) mass is 332 g/mol. The van der Waals surface area contributed by atoms with E-state index in [0.717, 1.165) is 5.56 Å². The highest BCUT2D eigenvalue weighted by Gasteiger charge is 2.18. The highest BCUT2D eigenvalue weighted by atomic mass is 127. The van der Waals surface area contributed by atoms with Crippen molar-refractivity contribution < 1.29 is 4.79 Å². The molecule has 0 fully saturated rings. The number of amides is 1. The fourth-order valence-electron chi connectivity index (χ4n) is 1.49. The molecule has 1 rings (SSSR count). The van der Waals surface area contributed by atoms with Gasteiger partial charge in [0.2, 0.25) is 5.91 Å². The number of halogens is 1. The third-order valence-corrected chi connectivity index (χ3v) is 3.13. The molecule has 0 aliphatic carbocycles. The Balaban J connectivity index is 2.55. The summed E-state index contributed by atoms with van der Waals surface area (Å²) in [7, 11) is 0. The summed E-state index contributed by atoms with van der Waals surface area (Å²) in [6.07, 6.45) is 0. The van der Waals surface area contributed by atoms with Gasteiger partial charge < -0.3 is 11.1 Å². The Hall–Kier alpha value is -0.620. The molecule has 1 aromatic rings. The van der Waals surface area contributed by atoms with Gasteiger partial charge in [0.15, 0.2) is 0 Å². The Morgan fingerprint density at radius 1 is 1.38 bits per heavy atom. The highest BCUT2D eigenvalue weighted by molar-refractivity contribution is 14.1. The standard InChI is InChI=1S/C12H17IN2O/c1-8(2)11(12(14)16)15-7-9-3-5-10(13)6-4-9/h3-6,8,11,15H,7H2,1-2H3,(H2,14,16). The van der Waals surface area contributed by atoms with Gasteiger partial charge in [-0.05, 0) is 46.2 Å². The van der Waals surface area contributed by atoms with E-state index in [1.165, 1.54) is 3.57 Å². The first-order chi connectivity index (χ1) is 7.50. The van der Waals surface area contributed by atoms with Crippen molar-refractivity contribution in [1.82, 2.24) is 5.32 Å². The maximum Gasteiger partial charge on any atom is 0.234 e. The lowest BCUT2D eigenvalue weighted by atomic mass is 10.0. The number of carbonyl (C=O) groups excluding carboxylic acids is 1. The van der Waals surface area contributed by atoms with Gasteiger partial charge >= 0.3 is 0 Å². The van der Waals surface area contributed by atoms with E-state index < -0.39 is 0 Å². The van der Waals surface area contributed by atoms with E-state index in [-0.39, 0.29) is 17.9 Å². The van der Waals surface area contributed by atoms with Crippen LogP contribution in [0, 0.1) is 9.49 Å². The fraction of sp³-hybridized carbons (Fsp3) is 0.417. The van der Waals surface area contributed by atoms with Crippen molar-refractivity contribution in [2.45, 2.75) is 26.4 Å². The van der Waals surface area contributed by atoms with Crippen LogP contribution in [-0.2, 0) is 11.3 Å². The average Bonchev–Trinajstić information content (AvgIpc) is 2.20. The molecule has 1 atom stereocenters. The van der Waals surface area contributed by atoms with E-state index in [0.29, 0.717) is 6.54 Å². The van der Waals surface area contributed by atoms with Crippen molar-refractivity contribution >= 4 is 28.5 Å². The third-order valence-electron chi connectivity index (χ3n) is 2.41. The predicted octanol–water partition coefficient (Wildman–Crippen LogP) is 1.89. The van der Waals surface area contributed by atoms with Crippen LogP contribution in [0.2, 0.25) is 0 Å². The first-order valence-corrected chi connectivity index (χ1v) is 6.35. The maximum absolute atomic E-state index is 11.2. The highest BCUT2D eigenvalue weighted by Crippen LogP contribution is 2.08. The van der Waals surface area contributed by atoms with E-state index in [1.54, 1.807) is 0 Å². The van der Waals surface area contributed by atoms with Crippen molar-refractivity contribution in [3.05, 3.63) is 33.4 Å². The van der Waals surface area contributed by atoms with Gasteiger partial charge in [0.1, 0.15) is 0 Å². The molecule has 1 unspecified atom stereocenters. The van der Waals surface area contributed by atoms with Gasteiger partial charge in [-0.15, -0.1) is 0 Å². The van der Waals surface area contributed by atoms with Crippen LogP contribution in [0.15, 0.2) is 24.3 Å². The minimum Gasteiger partial charge on any atom is -0.368 e. The van der Waals surface area contributed by atoms with Crippen molar-refractivity contribution in [3.63, 3.8) is 0 Å². The molecule has 0 heterocycles. The van der Waals surface area contributed by atoms with Gasteiger partial charge in [-0.2, -0.15) is 0 Å². The Morgan fingerprint density at radius 3 is 2.38 bits per heavy atom. The smallest absolute Gasteiger partial charge is 0.234 e. The number of nitrogens with one attached hydrogen (secondary N) is 1. The second kappa shape index (κ2) is 6.20. The van der Waals surface area contributed by atoms with E-state index in [4.69, 9.17) is 5.73 Å². The molecule has 3 nitrogen and oxygen atoms in total. The third kappa shape index (κ3) is 4.09. The summed E-state index contributed by atoms with van der Waals surface area (Å²) in [6, 6.07) is 7.93. The number of carbonyl (C=O) groups is 1. The lowest BCUT2D eigenvalue weighted by Crippen LogP contribution is -2.44. The van der Waals surface area contributed by atoms with Crippen molar-refractivity contribution in [3.8, 4) is 0 Å². The summed E-state index contributed by atoms with van der Waals surface area (Å²) in [5.74, 6) is -0.0816. The van der Waals surface area contributed by atoms with Crippen LogP contribution in [0.3, 0.4) is 0 Å². The van der Waals surface area contributed by atoms with Gasteiger partial charge in [-0.1, -0.05) is 26.0 Å². The van der Waals surface area contributed by atoms with Crippen LogP contribution in [0.1, 0.15) is 19.4 Å². The molecule has 88 valence electrons. The lowest BCUT2D eigenvalue weighted by molar-refractivity contribution is -0.121. The molecular formula is C12H17IN2O. The van der Waals surface area contributed by atoms with E-state index in [2.05, 4.69) is 27.9 Å². The summed E-state index contributed by atoms with van der Waals surface area (Å²) < 4.78 is 1.21. The predicted molar refractivity (Wildman–Crippen MR) is 73.8 cm³/mol. The first-order valence-electron chi connectivity index (χ1n) is 5.28. The van der Waals surface area contributed by atoms with Crippen LogP contribution in [0.5, 0.6) is 0 Å². The quantitative estimate of drug-likeness (QED) is 0.809. The normalized spacial score (nSPS) is 12.8. The molecule has 1 amide bonds. The molecule has 3 N–H and O–H groups in total. The van der Waals surface area contributed by atoms with Gasteiger partial charge in [0, 0.05) is 10.1 Å². The number of hydrogen-bond donors (Lipinski definition) is 2. The van der Waals surface area contributed by atoms with Crippen LogP contribution in [-0.4, -0.2) is 11.9 Å². The van der Waals surface area contributed by atoms with Crippen LogP contribution < -0.4 is 11.1 Å². The number of primary amides is 1. The molecule has 16 heavy (non-hydrogen) atoms. The SMILES string of the molecule is CC(C)C(NCc1ccc(I)cc1)C(N)=O. The molecule has 0 radical (unpaired) electrons. The summed E-state index contributed by atoms with van der Waals surface area (Å²) in [6.45, 7) is 4.63. The summed E-state index contributed by atoms with van der Waals surface area (Å²) >= 11 is 2.27. The molecule has 4 heteroatoms. The molecule has 0 spiro atoms. The Bertz CT molecular complexity index is 349. The molecule has 0 bridgehead atoms. The zero-order valence-electron chi connectivity index (χ0n) is 9.53. The van der Waals surface area contributed by atoms with Crippen LogP contribution in [0.4, 0.5) is 0 Å². The number of rotatable bonds is 5. The Morgan fingerprint density at radius 2 is 1.94 bits per heavy atom. The lowest BCUT2D eigenvalue weighted by Gasteiger charge is -2.18. The maximum atomic E-state index is 11.2.